The minimum atomic E-state index is 0.750. The number of hydrogen-bond donors (Lipinski definition) is 0. The lowest BCUT2D eigenvalue weighted by atomic mass is 10.2. The minimum absolute atomic E-state index is 0.750. The van der Waals surface area contributed by atoms with Crippen LogP contribution in [0, 0.1) is 0 Å². The first-order valence-corrected chi connectivity index (χ1v) is 4.74. The third kappa shape index (κ3) is 32.6. The number of rotatable bonds is 3. The molecule has 86 valence electrons. The molecule has 3 heteroatoms. The average molecular weight is 212 g/mol. The van der Waals surface area contributed by atoms with E-state index >= 15 is 0 Å². The molecule has 0 amide bonds. The van der Waals surface area contributed by atoms with Crippen LogP contribution in [0.3, 0.4) is 0 Å². The standard InChI is InChI=1S/C6H10O.C4H6O.C2H4O/c1-3-6(4-2)5-7;1-2-3-4-5;1-2-3/h3,5H,4H2,1-2H3;2-4H,1H3;2H,1H3/b6-3+;3-2+;. The molecule has 0 radical (unpaired) electrons. The van der Waals surface area contributed by atoms with Crippen molar-refractivity contribution in [3.05, 3.63) is 23.8 Å². The summed E-state index contributed by atoms with van der Waals surface area (Å²) in [5, 5.41) is 0. The second-order valence-electron chi connectivity index (χ2n) is 2.23. The third-order valence-corrected chi connectivity index (χ3v) is 1.20. The largest absolute Gasteiger partial charge is 0.304 e. The van der Waals surface area contributed by atoms with Crippen molar-refractivity contribution in [1.29, 1.82) is 0 Å². The molecule has 0 rings (SSSR count). The smallest absolute Gasteiger partial charge is 0.145 e. The normalized spacial score (nSPS) is 9.20. The Bertz CT molecular complexity index is 203. The van der Waals surface area contributed by atoms with Gasteiger partial charge in [-0.1, -0.05) is 19.1 Å². The van der Waals surface area contributed by atoms with Crippen LogP contribution >= 0.6 is 0 Å². The molecule has 3 nitrogen and oxygen atoms in total. The van der Waals surface area contributed by atoms with Gasteiger partial charge in [-0.15, -0.1) is 0 Å². The van der Waals surface area contributed by atoms with Gasteiger partial charge in [0, 0.05) is 0 Å². The SMILES string of the molecule is C/C=C(/C=O)CC.C/C=C/C=O.CC=O. The average Bonchev–Trinajstić information content (AvgIpc) is 2.24. The van der Waals surface area contributed by atoms with Crippen molar-refractivity contribution in [3.8, 4) is 0 Å². The Morgan fingerprint density at radius 2 is 1.53 bits per heavy atom. The number of carbonyl (C=O) groups is 3. The van der Waals surface area contributed by atoms with Gasteiger partial charge in [0.25, 0.3) is 0 Å². The lowest BCUT2D eigenvalue weighted by molar-refractivity contribution is -0.106. The van der Waals surface area contributed by atoms with Crippen LogP contribution in [-0.4, -0.2) is 18.9 Å². The third-order valence-electron chi connectivity index (χ3n) is 1.20. The van der Waals surface area contributed by atoms with Crippen LogP contribution in [0.2, 0.25) is 0 Å². The molecule has 0 N–H and O–H groups in total. The van der Waals surface area contributed by atoms with E-state index in [1.54, 1.807) is 13.0 Å². The molecule has 0 spiro atoms. The summed E-state index contributed by atoms with van der Waals surface area (Å²) in [5.41, 5.74) is 0.875. The Hall–Kier alpha value is -1.51. The quantitative estimate of drug-likeness (QED) is 0.533. The van der Waals surface area contributed by atoms with Gasteiger partial charge < -0.3 is 4.79 Å². The molecular formula is C12H20O3. The van der Waals surface area contributed by atoms with E-state index in [0.717, 1.165) is 30.9 Å². The van der Waals surface area contributed by atoms with Crippen molar-refractivity contribution < 1.29 is 14.4 Å². The Labute approximate surface area is 91.9 Å². The van der Waals surface area contributed by atoms with Gasteiger partial charge in [-0.2, -0.15) is 0 Å². The molecule has 0 bridgehead atoms. The summed E-state index contributed by atoms with van der Waals surface area (Å²) in [6, 6.07) is 0. The zero-order chi connectivity index (χ0) is 12.5. The predicted molar refractivity (Wildman–Crippen MR) is 62.7 cm³/mol. The van der Waals surface area contributed by atoms with Gasteiger partial charge in [0.05, 0.1) is 0 Å². The molecule has 0 aromatic heterocycles. The first-order chi connectivity index (χ1) is 7.17. The lowest BCUT2D eigenvalue weighted by Gasteiger charge is -1.84. The summed E-state index contributed by atoms with van der Waals surface area (Å²) in [6.07, 6.45) is 8.19. The van der Waals surface area contributed by atoms with Gasteiger partial charge >= 0.3 is 0 Å². The van der Waals surface area contributed by atoms with Gasteiger partial charge in [0.2, 0.25) is 0 Å². The predicted octanol–water partition coefficient (Wildman–Crippen LogP) is 2.51. The van der Waals surface area contributed by atoms with E-state index in [1.807, 2.05) is 19.9 Å². The fourth-order valence-electron chi connectivity index (χ4n) is 0.434. The monoisotopic (exact) mass is 212 g/mol. The fourth-order valence-corrected chi connectivity index (χ4v) is 0.434. The summed E-state index contributed by atoms with van der Waals surface area (Å²) >= 11 is 0. The minimum Gasteiger partial charge on any atom is -0.304 e. The van der Waals surface area contributed by atoms with Crippen molar-refractivity contribution in [1.82, 2.24) is 0 Å². The van der Waals surface area contributed by atoms with Crippen LogP contribution in [-0.2, 0) is 14.4 Å². The summed E-state index contributed by atoms with van der Waals surface area (Å²) in [5.74, 6) is 0. The molecule has 0 aromatic rings. The molecule has 0 saturated carbocycles. The number of hydrogen-bond acceptors (Lipinski definition) is 3. The Kier molecular flexibility index (Phi) is 29.2. The molecule has 0 aliphatic heterocycles. The molecule has 0 heterocycles. The van der Waals surface area contributed by atoms with Crippen molar-refractivity contribution in [3.63, 3.8) is 0 Å². The first kappa shape index (κ1) is 19.1. The van der Waals surface area contributed by atoms with Crippen LogP contribution in [0.15, 0.2) is 23.8 Å². The Morgan fingerprint density at radius 1 is 1.07 bits per heavy atom. The fraction of sp³-hybridized carbons (Fsp3) is 0.417. The number of aldehydes is 3. The van der Waals surface area contributed by atoms with E-state index in [0.29, 0.717) is 0 Å². The number of carbonyl (C=O) groups excluding carboxylic acids is 3. The van der Waals surface area contributed by atoms with Crippen LogP contribution in [0.4, 0.5) is 0 Å². The van der Waals surface area contributed by atoms with Gasteiger partial charge in [0.1, 0.15) is 18.9 Å². The molecular weight excluding hydrogens is 192 g/mol. The Morgan fingerprint density at radius 3 is 1.53 bits per heavy atom. The highest BCUT2D eigenvalue weighted by Gasteiger charge is 1.82. The van der Waals surface area contributed by atoms with Gasteiger partial charge in [0.15, 0.2) is 0 Å². The van der Waals surface area contributed by atoms with E-state index in [-0.39, 0.29) is 0 Å². The zero-order valence-electron chi connectivity index (χ0n) is 9.90. The van der Waals surface area contributed by atoms with Crippen molar-refractivity contribution in [2.24, 2.45) is 0 Å². The lowest BCUT2D eigenvalue weighted by Crippen LogP contribution is -1.77. The van der Waals surface area contributed by atoms with Gasteiger partial charge in [-0.25, -0.2) is 0 Å². The van der Waals surface area contributed by atoms with Gasteiger partial charge in [-0.05, 0) is 38.8 Å². The van der Waals surface area contributed by atoms with E-state index in [4.69, 9.17) is 4.79 Å². The molecule has 0 fully saturated rings. The second-order valence-corrected chi connectivity index (χ2v) is 2.23. The maximum Gasteiger partial charge on any atom is 0.145 e. The molecule has 0 atom stereocenters. The van der Waals surface area contributed by atoms with Crippen molar-refractivity contribution >= 4 is 18.9 Å². The van der Waals surface area contributed by atoms with Crippen molar-refractivity contribution in [2.45, 2.75) is 34.1 Å². The maximum atomic E-state index is 9.90. The second kappa shape index (κ2) is 22.9. The first-order valence-electron chi connectivity index (χ1n) is 4.74. The van der Waals surface area contributed by atoms with Crippen molar-refractivity contribution in [2.75, 3.05) is 0 Å². The molecule has 0 saturated heterocycles. The maximum absolute atomic E-state index is 9.90. The summed E-state index contributed by atoms with van der Waals surface area (Å²) in [7, 11) is 0. The highest BCUT2D eigenvalue weighted by molar-refractivity contribution is 5.72. The van der Waals surface area contributed by atoms with E-state index < -0.39 is 0 Å². The summed E-state index contributed by atoms with van der Waals surface area (Å²) in [6.45, 7) is 7.07. The van der Waals surface area contributed by atoms with Crippen LogP contribution < -0.4 is 0 Å². The van der Waals surface area contributed by atoms with E-state index in [1.165, 1.54) is 13.0 Å². The summed E-state index contributed by atoms with van der Waals surface area (Å²) < 4.78 is 0. The van der Waals surface area contributed by atoms with E-state index in [2.05, 4.69) is 0 Å². The highest BCUT2D eigenvalue weighted by atomic mass is 16.1. The van der Waals surface area contributed by atoms with Crippen LogP contribution in [0.5, 0.6) is 0 Å². The molecule has 15 heavy (non-hydrogen) atoms. The Balaban J connectivity index is -0.000000158. The molecule has 0 aliphatic carbocycles. The molecule has 0 aromatic carbocycles. The zero-order valence-corrected chi connectivity index (χ0v) is 9.90. The summed E-state index contributed by atoms with van der Waals surface area (Å²) in [4.78, 5) is 28.0. The van der Waals surface area contributed by atoms with Crippen LogP contribution in [0.25, 0.3) is 0 Å². The van der Waals surface area contributed by atoms with Gasteiger partial charge in [-0.3, -0.25) is 9.59 Å². The molecule has 0 aliphatic rings. The molecule has 0 unspecified atom stereocenters. The van der Waals surface area contributed by atoms with Crippen LogP contribution in [0.1, 0.15) is 34.1 Å². The highest BCUT2D eigenvalue weighted by Crippen LogP contribution is 1.92. The topological polar surface area (TPSA) is 51.2 Å². The number of allylic oxidation sites excluding steroid dienone is 4. The van der Waals surface area contributed by atoms with E-state index in [9.17, 15) is 9.59 Å².